The van der Waals surface area contributed by atoms with Crippen LogP contribution in [0.25, 0.3) is 22.2 Å². The van der Waals surface area contributed by atoms with E-state index in [1.165, 1.54) is 6.82 Å². The molecular weight excluding hydrogens is 443 g/mol. The minimum absolute atomic E-state index is 0.280. The average Bonchev–Trinajstić information content (AvgIpc) is 3.32. The van der Waals surface area contributed by atoms with E-state index >= 15 is 0 Å². The highest BCUT2D eigenvalue weighted by atomic mass is 16.5. The molecule has 10 heteroatoms. The Hall–Kier alpha value is -3.27. The average molecular weight is 484 g/mol. The molecule has 0 aliphatic heterocycles. The maximum Gasteiger partial charge on any atom is 0.320 e. The third kappa shape index (κ3) is 9.48. The minimum Gasteiger partial charge on any atom is -0.496 e. The molecule has 192 valence electrons. The molecule has 0 saturated heterocycles. The fourth-order valence-electron chi connectivity index (χ4n) is 3.04. The van der Waals surface area contributed by atoms with Crippen LogP contribution in [0.4, 0.5) is 10.6 Å². The molecule has 3 rings (SSSR count). The van der Waals surface area contributed by atoms with Crippen molar-refractivity contribution in [2.45, 2.75) is 40.9 Å². The highest BCUT2D eigenvalue weighted by molar-refractivity contribution is 6.05. The number of H-pyrrole nitrogens is 1. The number of methoxy groups -OCH3 is 2. The van der Waals surface area contributed by atoms with Crippen LogP contribution in [0.5, 0.6) is 11.6 Å². The summed E-state index contributed by atoms with van der Waals surface area (Å²) in [6.45, 7) is 11.0. The Labute approximate surface area is 211 Å². The van der Waals surface area contributed by atoms with Crippen LogP contribution in [0.3, 0.4) is 0 Å². The minimum atomic E-state index is -0.280. The molecule has 2 amide bonds. The van der Waals surface area contributed by atoms with Gasteiger partial charge < -0.3 is 24.7 Å². The molecule has 0 bridgehead atoms. The van der Waals surface area contributed by atoms with Crippen molar-refractivity contribution in [1.82, 2.24) is 25.2 Å². The van der Waals surface area contributed by atoms with E-state index in [1.54, 1.807) is 32.5 Å². The number of carbonyl (C=O) groups is 1. The second-order valence-corrected chi connectivity index (χ2v) is 6.73. The lowest BCUT2D eigenvalue weighted by molar-refractivity contribution is 0.251. The van der Waals surface area contributed by atoms with Crippen molar-refractivity contribution in [2.24, 2.45) is 0 Å². The molecule has 0 fully saturated rings. The highest BCUT2D eigenvalue weighted by Crippen LogP contribution is 2.40. The molecule has 3 aromatic rings. The SMILES string of the molecule is CC.CC.COc1ccnc(OC)c1-c1c[nH]c2nc(NC(=O)NCCCN(C)C)ccc12.[B]C. The van der Waals surface area contributed by atoms with Gasteiger partial charge in [0.2, 0.25) is 5.88 Å². The number of nitrogens with one attached hydrogen (secondary N) is 3. The predicted molar refractivity (Wildman–Crippen MR) is 147 cm³/mol. The summed E-state index contributed by atoms with van der Waals surface area (Å²) in [5, 5.41) is 6.45. The number of rotatable bonds is 8. The summed E-state index contributed by atoms with van der Waals surface area (Å²) in [6, 6.07) is 5.15. The molecule has 0 aromatic carbocycles. The molecule has 0 unspecified atom stereocenters. The summed E-state index contributed by atoms with van der Waals surface area (Å²) < 4.78 is 10.9. The molecule has 3 heterocycles. The van der Waals surface area contributed by atoms with Gasteiger partial charge in [-0.1, -0.05) is 34.5 Å². The van der Waals surface area contributed by atoms with E-state index in [0.717, 1.165) is 29.5 Å². The number of urea groups is 1. The number of hydrogen-bond donors (Lipinski definition) is 3. The number of fused-ring (bicyclic) bond motifs is 1. The van der Waals surface area contributed by atoms with E-state index in [-0.39, 0.29) is 6.03 Å². The highest BCUT2D eigenvalue weighted by Gasteiger charge is 2.18. The Morgan fingerprint density at radius 3 is 2.37 bits per heavy atom. The van der Waals surface area contributed by atoms with Gasteiger partial charge in [-0.25, -0.2) is 14.8 Å². The zero-order chi connectivity index (χ0) is 26.8. The second-order valence-electron chi connectivity index (χ2n) is 6.73. The van der Waals surface area contributed by atoms with Gasteiger partial charge in [-0.3, -0.25) is 5.32 Å². The van der Waals surface area contributed by atoms with Gasteiger partial charge in [0.25, 0.3) is 0 Å². The van der Waals surface area contributed by atoms with Crippen molar-refractivity contribution >= 4 is 30.7 Å². The third-order valence-electron chi connectivity index (χ3n) is 4.41. The molecule has 2 radical (unpaired) electrons. The van der Waals surface area contributed by atoms with Crippen molar-refractivity contribution in [3.8, 4) is 22.8 Å². The zero-order valence-corrected chi connectivity index (χ0v) is 22.7. The second kappa shape index (κ2) is 18.1. The molecule has 0 spiro atoms. The molecule has 3 N–H and O–H groups in total. The lowest BCUT2D eigenvalue weighted by Gasteiger charge is -2.11. The van der Waals surface area contributed by atoms with Crippen LogP contribution in [-0.4, -0.2) is 75.1 Å². The van der Waals surface area contributed by atoms with E-state index in [4.69, 9.17) is 9.47 Å². The van der Waals surface area contributed by atoms with E-state index in [9.17, 15) is 4.79 Å². The van der Waals surface area contributed by atoms with Crippen molar-refractivity contribution in [3.63, 3.8) is 0 Å². The molecule has 9 nitrogen and oxygen atoms in total. The maximum atomic E-state index is 12.1. The largest absolute Gasteiger partial charge is 0.496 e. The molecule has 3 aromatic heterocycles. The summed E-state index contributed by atoms with van der Waals surface area (Å²) in [6.07, 6.45) is 4.33. The number of aromatic amines is 1. The fraction of sp³-hybridized carbons (Fsp3) is 0.480. The van der Waals surface area contributed by atoms with Crippen molar-refractivity contribution in [1.29, 1.82) is 0 Å². The van der Waals surface area contributed by atoms with Crippen molar-refractivity contribution in [2.75, 3.05) is 46.7 Å². The van der Waals surface area contributed by atoms with Gasteiger partial charge in [0.1, 0.15) is 17.2 Å². The summed E-state index contributed by atoms with van der Waals surface area (Å²) in [7, 11) is 11.7. The van der Waals surface area contributed by atoms with Crippen molar-refractivity contribution in [3.05, 3.63) is 30.6 Å². The van der Waals surface area contributed by atoms with E-state index in [0.29, 0.717) is 29.6 Å². The number of anilines is 1. The first-order chi connectivity index (χ1) is 17.0. The van der Waals surface area contributed by atoms with E-state index < -0.39 is 0 Å². The summed E-state index contributed by atoms with van der Waals surface area (Å²) >= 11 is 0. The van der Waals surface area contributed by atoms with Gasteiger partial charge in [0, 0.05) is 29.9 Å². The van der Waals surface area contributed by atoms with Crippen LogP contribution < -0.4 is 20.1 Å². The monoisotopic (exact) mass is 484 g/mol. The standard InChI is InChI=1S/C20H26N6O3.2C2H6.CH3B/c1-26(2)11-5-9-22-20(27)25-16-7-6-13-14(12-23-18(13)24-16)17-15(28-3)8-10-21-19(17)29-4;3*1-2/h6-8,10,12H,5,9,11H2,1-4H3,(H3,22,23,24,25,27);2*1-2H3;1H3. The Bertz CT molecular complexity index is 972. The number of carbonyl (C=O) groups excluding carboxylic acids is 1. The Morgan fingerprint density at radius 1 is 1.09 bits per heavy atom. The summed E-state index contributed by atoms with van der Waals surface area (Å²) in [4.78, 5) is 26.0. The summed E-state index contributed by atoms with van der Waals surface area (Å²) in [5.41, 5.74) is 2.23. The number of nitrogens with zero attached hydrogens (tertiary/aromatic N) is 3. The normalized spacial score (nSPS) is 9.54. The number of pyridine rings is 2. The van der Waals surface area contributed by atoms with Crippen LogP contribution >= 0.6 is 0 Å². The molecule has 0 atom stereocenters. The summed E-state index contributed by atoms with van der Waals surface area (Å²) in [5.74, 6) is 1.57. The predicted octanol–water partition coefficient (Wildman–Crippen LogP) is 4.97. The number of amides is 2. The molecule has 35 heavy (non-hydrogen) atoms. The first-order valence-electron chi connectivity index (χ1n) is 11.9. The van der Waals surface area contributed by atoms with Crippen LogP contribution in [-0.2, 0) is 0 Å². The quantitative estimate of drug-likeness (QED) is 0.308. The molecule has 0 aliphatic rings. The van der Waals surface area contributed by atoms with Gasteiger partial charge in [0.15, 0.2) is 0 Å². The van der Waals surface area contributed by atoms with E-state index in [1.807, 2.05) is 54.1 Å². The maximum absolute atomic E-state index is 12.1. The smallest absolute Gasteiger partial charge is 0.320 e. The Kier molecular flexibility index (Phi) is 16.4. The first kappa shape index (κ1) is 31.7. The van der Waals surface area contributed by atoms with Gasteiger partial charge in [-0.15, -0.1) is 0 Å². The lowest BCUT2D eigenvalue weighted by Crippen LogP contribution is -2.31. The Morgan fingerprint density at radius 2 is 1.77 bits per heavy atom. The topological polar surface area (TPSA) is 104 Å². The van der Waals surface area contributed by atoms with Gasteiger partial charge >= 0.3 is 6.03 Å². The van der Waals surface area contributed by atoms with Gasteiger partial charge in [-0.2, -0.15) is 0 Å². The number of aromatic nitrogens is 3. The number of ether oxygens (including phenoxy) is 2. The van der Waals surface area contributed by atoms with Crippen LogP contribution in [0.1, 0.15) is 34.1 Å². The van der Waals surface area contributed by atoms with Crippen molar-refractivity contribution < 1.29 is 14.3 Å². The molecule has 0 saturated carbocycles. The van der Waals surface area contributed by atoms with E-state index in [2.05, 4.69) is 38.3 Å². The first-order valence-corrected chi connectivity index (χ1v) is 11.9. The zero-order valence-electron chi connectivity index (χ0n) is 22.7. The van der Waals surface area contributed by atoms with Crippen LogP contribution in [0.15, 0.2) is 30.6 Å². The molecule has 0 aliphatic carbocycles. The van der Waals surface area contributed by atoms with Gasteiger partial charge in [-0.05, 0) is 45.3 Å². The lowest BCUT2D eigenvalue weighted by atomic mass is 10.1. The Balaban J connectivity index is 0.00000179. The fourth-order valence-corrected chi connectivity index (χ4v) is 3.04. The number of hydrogen-bond acceptors (Lipinski definition) is 6. The van der Waals surface area contributed by atoms with Gasteiger partial charge in [0.05, 0.1) is 27.6 Å². The van der Waals surface area contributed by atoms with Crippen LogP contribution in [0, 0.1) is 0 Å². The van der Waals surface area contributed by atoms with Crippen LogP contribution in [0.2, 0.25) is 6.82 Å². The third-order valence-corrected chi connectivity index (χ3v) is 4.41. The molecular formula is C25H41BN6O3.